The number of allylic oxidation sites excluding steroid dienone is 5. The second-order valence-corrected chi connectivity index (χ2v) is 17.8. The Morgan fingerprint density at radius 2 is 0.800 bits per heavy atom. The van der Waals surface area contributed by atoms with Gasteiger partial charge < -0.3 is 4.90 Å². The standard InChI is InChI=1S/C67H49N.C2H6/c1-3-21-49-44-63(54-27-12-11-26-53(54)52(49)4-2)68(50-40-36-47(37-41-50)66-59-32-17-13-28-55(59)64(45-22-7-5-8-23-45)56-29-14-18-33-60(56)66)51-42-38-48(39-43-51)67-61-34-19-15-30-57(61)65(46-24-9-6-10-25-46)58-31-16-20-35-62(58)67;1-2/h3-5,7-9,11-44H,2,6,10H2,1H3;1-2H3/b21-3-;. The van der Waals surface area contributed by atoms with Crippen LogP contribution in [0, 0.1) is 0 Å². The summed E-state index contributed by atoms with van der Waals surface area (Å²) >= 11 is 0. The summed E-state index contributed by atoms with van der Waals surface area (Å²) in [7, 11) is 0. The Balaban J connectivity index is 0.00000263. The topological polar surface area (TPSA) is 3.24 Å². The maximum absolute atomic E-state index is 4.28. The lowest BCUT2D eigenvalue weighted by molar-refractivity contribution is 1.04. The molecule has 11 aromatic carbocycles. The number of benzene rings is 11. The summed E-state index contributed by atoms with van der Waals surface area (Å²) in [4.78, 5) is 2.44. The summed E-state index contributed by atoms with van der Waals surface area (Å²) in [6, 6.07) is 76.1. The van der Waals surface area contributed by atoms with Gasteiger partial charge in [-0.25, -0.2) is 0 Å². The molecule has 11 aromatic rings. The van der Waals surface area contributed by atoms with Crippen LogP contribution in [-0.2, 0) is 0 Å². The molecule has 0 atom stereocenters. The SMILES string of the molecule is C=Cc1c(/C=C\C)cc(N(c2ccc(-c3c4ccccc4c(C4=CCCC=C4)c4ccccc34)cc2)c2ccc(-c3c4ccccc4c(-c4ccccc4)c4ccccc34)cc2)c2ccccc12.CC. The van der Waals surface area contributed by atoms with E-state index in [4.69, 9.17) is 0 Å². The molecule has 0 radical (unpaired) electrons. The maximum Gasteiger partial charge on any atom is 0.0546 e. The van der Waals surface area contributed by atoms with Gasteiger partial charge in [0.15, 0.2) is 0 Å². The van der Waals surface area contributed by atoms with Gasteiger partial charge in [0.05, 0.1) is 5.69 Å². The van der Waals surface area contributed by atoms with Gasteiger partial charge in [0.1, 0.15) is 0 Å². The van der Waals surface area contributed by atoms with Crippen LogP contribution in [0.3, 0.4) is 0 Å². The first-order chi connectivity index (χ1) is 34.7. The Kier molecular flexibility index (Phi) is 12.1. The van der Waals surface area contributed by atoms with Crippen molar-refractivity contribution in [2.75, 3.05) is 4.90 Å². The molecule has 1 aliphatic carbocycles. The highest BCUT2D eigenvalue weighted by Gasteiger charge is 2.22. The van der Waals surface area contributed by atoms with Crippen molar-refractivity contribution in [2.45, 2.75) is 33.6 Å². The van der Waals surface area contributed by atoms with Crippen molar-refractivity contribution in [3.63, 3.8) is 0 Å². The summed E-state index contributed by atoms with van der Waals surface area (Å²) in [6.07, 6.45) is 15.5. The fourth-order valence-electron chi connectivity index (χ4n) is 11.0. The Labute approximate surface area is 412 Å². The molecule has 0 heterocycles. The minimum absolute atomic E-state index is 1.06. The fraction of sp³-hybridized carbons (Fsp3) is 0.0725. The van der Waals surface area contributed by atoms with E-state index in [1.807, 2.05) is 19.9 Å². The molecule has 1 aliphatic rings. The zero-order valence-corrected chi connectivity index (χ0v) is 40.2. The normalized spacial score (nSPS) is 12.4. The smallest absolute Gasteiger partial charge is 0.0546 e. The summed E-state index contributed by atoms with van der Waals surface area (Å²) < 4.78 is 0. The van der Waals surface area contributed by atoms with E-state index < -0.39 is 0 Å². The summed E-state index contributed by atoms with van der Waals surface area (Å²) in [5.74, 6) is 0. The van der Waals surface area contributed by atoms with Crippen LogP contribution in [-0.4, -0.2) is 0 Å². The third kappa shape index (κ3) is 7.61. The monoisotopic (exact) mass is 897 g/mol. The predicted octanol–water partition coefficient (Wildman–Crippen LogP) is 20.4. The van der Waals surface area contributed by atoms with Crippen LogP contribution in [0.15, 0.2) is 237 Å². The molecule has 1 heteroatoms. The van der Waals surface area contributed by atoms with Gasteiger partial charge in [0, 0.05) is 16.8 Å². The number of anilines is 3. The molecule has 0 saturated heterocycles. The van der Waals surface area contributed by atoms with Crippen molar-refractivity contribution >= 4 is 88.6 Å². The van der Waals surface area contributed by atoms with Crippen LogP contribution in [0.1, 0.15) is 50.3 Å². The first kappa shape index (κ1) is 44.0. The average Bonchev–Trinajstić information content (AvgIpc) is 3.43. The van der Waals surface area contributed by atoms with Gasteiger partial charge in [0.25, 0.3) is 0 Å². The van der Waals surface area contributed by atoms with Gasteiger partial charge in [-0.2, -0.15) is 0 Å². The first-order valence-electron chi connectivity index (χ1n) is 24.8. The predicted molar refractivity (Wildman–Crippen MR) is 307 cm³/mol. The molecule has 0 saturated carbocycles. The quantitative estimate of drug-likeness (QED) is 0.131. The molecule has 0 aliphatic heterocycles. The Morgan fingerprint density at radius 1 is 0.414 bits per heavy atom. The van der Waals surface area contributed by atoms with E-state index in [1.165, 1.54) is 93.0 Å². The van der Waals surface area contributed by atoms with Crippen LogP contribution < -0.4 is 4.90 Å². The summed E-state index contributed by atoms with van der Waals surface area (Å²) in [6.45, 7) is 10.4. The number of rotatable bonds is 9. The third-order valence-electron chi connectivity index (χ3n) is 13.9. The molecule has 1 nitrogen and oxygen atoms in total. The molecule has 12 rings (SSSR count). The second-order valence-electron chi connectivity index (χ2n) is 17.8. The minimum atomic E-state index is 1.06. The highest BCUT2D eigenvalue weighted by atomic mass is 15.1. The van der Waals surface area contributed by atoms with E-state index >= 15 is 0 Å². The van der Waals surface area contributed by atoms with Crippen molar-refractivity contribution in [3.05, 3.63) is 254 Å². The van der Waals surface area contributed by atoms with E-state index in [-0.39, 0.29) is 0 Å². The van der Waals surface area contributed by atoms with Crippen LogP contribution in [0.5, 0.6) is 0 Å². The molecule has 0 N–H and O–H groups in total. The summed E-state index contributed by atoms with van der Waals surface area (Å²) in [5, 5.41) is 12.4. The largest absolute Gasteiger partial charge is 0.310 e. The number of hydrogen-bond donors (Lipinski definition) is 0. The van der Waals surface area contributed by atoms with Gasteiger partial charge in [-0.1, -0.05) is 233 Å². The fourth-order valence-corrected chi connectivity index (χ4v) is 11.0. The van der Waals surface area contributed by atoms with E-state index in [0.717, 1.165) is 46.4 Å². The van der Waals surface area contributed by atoms with Crippen molar-refractivity contribution in [2.24, 2.45) is 0 Å². The van der Waals surface area contributed by atoms with Crippen LogP contribution in [0.2, 0.25) is 0 Å². The van der Waals surface area contributed by atoms with Crippen molar-refractivity contribution in [1.82, 2.24) is 0 Å². The lowest BCUT2D eigenvalue weighted by Gasteiger charge is -2.29. The molecule has 336 valence electrons. The average molecular weight is 898 g/mol. The van der Waals surface area contributed by atoms with E-state index in [0.29, 0.717) is 0 Å². The molecule has 0 bridgehead atoms. The van der Waals surface area contributed by atoms with Crippen LogP contribution >= 0.6 is 0 Å². The second kappa shape index (κ2) is 19.2. The molecule has 0 amide bonds. The highest BCUT2D eigenvalue weighted by Crippen LogP contribution is 2.48. The number of nitrogens with zero attached hydrogens (tertiary/aromatic N) is 1. The molecule has 0 fully saturated rings. The van der Waals surface area contributed by atoms with Gasteiger partial charge in [-0.3, -0.25) is 0 Å². The molecule has 70 heavy (non-hydrogen) atoms. The highest BCUT2D eigenvalue weighted by molar-refractivity contribution is 6.22. The van der Waals surface area contributed by atoms with E-state index in [1.54, 1.807) is 0 Å². The molecule has 0 spiro atoms. The zero-order valence-electron chi connectivity index (χ0n) is 40.2. The van der Waals surface area contributed by atoms with Crippen molar-refractivity contribution in [1.29, 1.82) is 0 Å². The van der Waals surface area contributed by atoms with Gasteiger partial charge in [-0.05, 0) is 154 Å². The molecule has 0 aromatic heterocycles. The minimum Gasteiger partial charge on any atom is -0.310 e. The summed E-state index contributed by atoms with van der Waals surface area (Å²) in [5.41, 5.74) is 15.5. The maximum atomic E-state index is 4.28. The molecular formula is C69H55N. The Morgan fingerprint density at radius 3 is 1.20 bits per heavy atom. The van der Waals surface area contributed by atoms with Crippen LogP contribution in [0.25, 0.3) is 105 Å². The van der Waals surface area contributed by atoms with Crippen LogP contribution in [0.4, 0.5) is 17.1 Å². The first-order valence-corrected chi connectivity index (χ1v) is 24.8. The zero-order chi connectivity index (χ0) is 47.6. The van der Waals surface area contributed by atoms with Gasteiger partial charge in [-0.15, -0.1) is 0 Å². The van der Waals surface area contributed by atoms with E-state index in [9.17, 15) is 0 Å². The number of fused-ring (bicyclic) bond motifs is 5. The molecule has 0 unspecified atom stereocenters. The number of hydrogen-bond acceptors (Lipinski definition) is 1. The van der Waals surface area contributed by atoms with Gasteiger partial charge in [0.2, 0.25) is 0 Å². The van der Waals surface area contributed by atoms with Gasteiger partial charge >= 0.3 is 0 Å². The lowest BCUT2D eigenvalue weighted by atomic mass is 9.84. The van der Waals surface area contributed by atoms with Crippen molar-refractivity contribution in [3.8, 4) is 33.4 Å². The molecular weight excluding hydrogens is 843 g/mol. The lowest BCUT2D eigenvalue weighted by Crippen LogP contribution is -2.11. The Hall–Kier alpha value is -8.52. The Bertz CT molecular complexity index is 3730. The third-order valence-corrected chi connectivity index (χ3v) is 13.9. The van der Waals surface area contributed by atoms with Crippen molar-refractivity contribution < 1.29 is 0 Å². The van der Waals surface area contributed by atoms with E-state index in [2.05, 4.69) is 255 Å².